The van der Waals surface area contributed by atoms with Crippen LogP contribution in [0, 0.1) is 0 Å². The molecular formula is C12H22O11. The van der Waals surface area contributed by atoms with E-state index in [0.717, 1.165) is 0 Å². The summed E-state index contributed by atoms with van der Waals surface area (Å²) in [5, 5.41) is 75.2. The third kappa shape index (κ3) is 4.64. The molecule has 1 rings (SSSR count). The Hall–Kier alpha value is -0.730. The molecular weight excluding hydrogens is 320 g/mol. The molecule has 11 heteroatoms. The van der Waals surface area contributed by atoms with Crippen molar-refractivity contribution in [2.45, 2.75) is 55.1 Å². The predicted octanol–water partition coefficient (Wildman–Crippen LogP) is -5.55. The van der Waals surface area contributed by atoms with Crippen LogP contribution in [-0.4, -0.2) is 115 Å². The van der Waals surface area contributed by atoms with Gasteiger partial charge in [-0.1, -0.05) is 0 Å². The van der Waals surface area contributed by atoms with Crippen molar-refractivity contribution in [3.63, 3.8) is 0 Å². The van der Waals surface area contributed by atoms with E-state index in [1.807, 2.05) is 0 Å². The summed E-state index contributed by atoms with van der Waals surface area (Å²) in [6.45, 7) is -1.60. The number of carbonyl (C=O) groups excluding carboxylic acids is 1. The molecule has 136 valence electrons. The van der Waals surface area contributed by atoms with Crippen LogP contribution in [0.4, 0.5) is 0 Å². The van der Waals surface area contributed by atoms with Crippen molar-refractivity contribution in [2.24, 2.45) is 0 Å². The average molecular weight is 342 g/mol. The third-order valence-corrected chi connectivity index (χ3v) is 3.54. The fourth-order valence-corrected chi connectivity index (χ4v) is 2.06. The van der Waals surface area contributed by atoms with E-state index < -0.39 is 68.3 Å². The third-order valence-electron chi connectivity index (χ3n) is 3.54. The number of hydrogen-bond donors (Lipinski definition) is 8. The Kier molecular flexibility index (Phi) is 7.89. The zero-order chi connectivity index (χ0) is 17.7. The first-order valence-electron chi connectivity index (χ1n) is 6.84. The molecule has 0 unspecified atom stereocenters. The first-order valence-corrected chi connectivity index (χ1v) is 6.84. The number of aliphatic hydroxyl groups is 8. The van der Waals surface area contributed by atoms with E-state index in [2.05, 4.69) is 0 Å². The highest BCUT2D eigenvalue weighted by molar-refractivity contribution is 5.57. The number of aldehydes is 1. The second-order valence-corrected chi connectivity index (χ2v) is 5.17. The van der Waals surface area contributed by atoms with Gasteiger partial charge in [-0.2, -0.15) is 0 Å². The van der Waals surface area contributed by atoms with Crippen LogP contribution >= 0.6 is 0 Å². The van der Waals surface area contributed by atoms with Gasteiger partial charge in [-0.15, -0.1) is 0 Å². The van der Waals surface area contributed by atoms with Crippen molar-refractivity contribution >= 4 is 6.29 Å². The zero-order valence-corrected chi connectivity index (χ0v) is 12.0. The topological polar surface area (TPSA) is 197 Å². The normalized spacial score (nSPS) is 37.0. The van der Waals surface area contributed by atoms with E-state index in [9.17, 15) is 35.4 Å². The second-order valence-electron chi connectivity index (χ2n) is 5.17. The highest BCUT2D eigenvalue weighted by Crippen LogP contribution is 2.23. The summed E-state index contributed by atoms with van der Waals surface area (Å²) in [5.41, 5.74) is 0. The number of ether oxygens (including phenoxy) is 2. The van der Waals surface area contributed by atoms with Gasteiger partial charge in [0.25, 0.3) is 0 Å². The van der Waals surface area contributed by atoms with Crippen molar-refractivity contribution in [3.05, 3.63) is 0 Å². The lowest BCUT2D eigenvalue weighted by molar-refractivity contribution is -0.315. The van der Waals surface area contributed by atoms with Gasteiger partial charge in [0.2, 0.25) is 0 Å². The van der Waals surface area contributed by atoms with E-state index >= 15 is 0 Å². The molecule has 9 atom stereocenters. The molecule has 1 aliphatic heterocycles. The molecule has 11 nitrogen and oxygen atoms in total. The molecule has 1 fully saturated rings. The minimum atomic E-state index is -1.97. The van der Waals surface area contributed by atoms with Gasteiger partial charge in [-0.3, -0.25) is 0 Å². The molecule has 0 aliphatic carbocycles. The number of carbonyl (C=O) groups is 1. The molecule has 0 radical (unpaired) electrons. The van der Waals surface area contributed by atoms with Gasteiger partial charge in [0, 0.05) is 0 Å². The van der Waals surface area contributed by atoms with Crippen LogP contribution in [-0.2, 0) is 14.3 Å². The van der Waals surface area contributed by atoms with Crippen LogP contribution in [0.1, 0.15) is 0 Å². The maximum absolute atomic E-state index is 11.0. The minimum absolute atomic E-state index is 0.0550. The molecule has 0 aromatic heterocycles. The molecule has 1 saturated heterocycles. The lowest BCUT2D eigenvalue weighted by Crippen LogP contribution is -2.60. The summed E-state index contributed by atoms with van der Waals surface area (Å²) in [6.07, 6.45) is -15.5. The first kappa shape index (κ1) is 20.3. The molecule has 0 aromatic carbocycles. The summed E-state index contributed by atoms with van der Waals surface area (Å²) in [7, 11) is 0. The van der Waals surface area contributed by atoms with Crippen LogP contribution in [0.3, 0.4) is 0 Å². The van der Waals surface area contributed by atoms with E-state index in [1.165, 1.54) is 0 Å². The summed E-state index contributed by atoms with van der Waals surface area (Å²) in [6, 6.07) is 0. The summed E-state index contributed by atoms with van der Waals surface area (Å²) >= 11 is 0. The smallest absolute Gasteiger partial charge is 0.187 e. The van der Waals surface area contributed by atoms with E-state index in [4.69, 9.17) is 19.7 Å². The maximum Gasteiger partial charge on any atom is 0.187 e. The molecule has 0 bridgehead atoms. The number of hydrogen-bond acceptors (Lipinski definition) is 11. The summed E-state index contributed by atoms with van der Waals surface area (Å²) in [4.78, 5) is 11.0. The lowest BCUT2D eigenvalue weighted by atomic mass is 9.99. The Bertz CT molecular complexity index is 365. The highest BCUT2D eigenvalue weighted by atomic mass is 16.7. The molecule has 0 amide bonds. The predicted molar refractivity (Wildman–Crippen MR) is 69.8 cm³/mol. The molecule has 0 spiro atoms. The largest absolute Gasteiger partial charge is 0.394 e. The van der Waals surface area contributed by atoms with Gasteiger partial charge in [0.15, 0.2) is 12.6 Å². The first-order chi connectivity index (χ1) is 10.8. The summed E-state index contributed by atoms with van der Waals surface area (Å²) < 4.78 is 9.94. The van der Waals surface area contributed by atoms with Gasteiger partial charge >= 0.3 is 0 Å². The van der Waals surface area contributed by atoms with Crippen molar-refractivity contribution in [2.75, 3.05) is 13.2 Å². The fraction of sp³-hybridized carbons (Fsp3) is 0.917. The Balaban J connectivity index is 2.79. The van der Waals surface area contributed by atoms with Crippen molar-refractivity contribution < 1.29 is 55.1 Å². The van der Waals surface area contributed by atoms with E-state index in [-0.39, 0.29) is 6.29 Å². The Morgan fingerprint density at radius 2 is 1.61 bits per heavy atom. The monoisotopic (exact) mass is 342 g/mol. The minimum Gasteiger partial charge on any atom is -0.394 e. The standard InChI is InChI=1S/C12H22O11/c13-1-4(16)7(17)8(18)5(2-14)22-12-11(21)10(20)9(19)6(3-15)23-12/h2,4-13,15-21H,1,3H2/t4-,5-,6-,7-,8-,9-,10+,11-,12-/m1/s1. The molecule has 0 saturated carbocycles. The Labute approximate surface area is 130 Å². The van der Waals surface area contributed by atoms with Crippen LogP contribution in [0.15, 0.2) is 0 Å². The Morgan fingerprint density at radius 1 is 1.00 bits per heavy atom. The molecule has 0 aromatic rings. The van der Waals surface area contributed by atoms with Gasteiger partial charge < -0.3 is 55.1 Å². The second kappa shape index (κ2) is 8.94. The highest BCUT2D eigenvalue weighted by Gasteiger charge is 2.46. The van der Waals surface area contributed by atoms with Crippen molar-refractivity contribution in [1.82, 2.24) is 0 Å². The quantitative estimate of drug-likeness (QED) is 0.196. The fourth-order valence-electron chi connectivity index (χ4n) is 2.06. The van der Waals surface area contributed by atoms with Gasteiger partial charge in [-0.05, 0) is 0 Å². The molecule has 8 N–H and O–H groups in total. The van der Waals surface area contributed by atoms with Crippen molar-refractivity contribution in [1.29, 1.82) is 0 Å². The van der Waals surface area contributed by atoms with E-state index in [1.54, 1.807) is 0 Å². The maximum atomic E-state index is 11.0. The van der Waals surface area contributed by atoms with Gasteiger partial charge in [0.1, 0.15) is 48.8 Å². The molecule has 1 aliphatic rings. The molecule has 23 heavy (non-hydrogen) atoms. The van der Waals surface area contributed by atoms with Crippen LogP contribution in [0.5, 0.6) is 0 Å². The average Bonchev–Trinajstić information content (AvgIpc) is 2.57. The van der Waals surface area contributed by atoms with Gasteiger partial charge in [0.05, 0.1) is 13.2 Å². The molecule has 1 heterocycles. The van der Waals surface area contributed by atoms with Gasteiger partial charge in [-0.25, -0.2) is 0 Å². The van der Waals surface area contributed by atoms with E-state index in [0.29, 0.717) is 0 Å². The number of rotatable bonds is 8. The Morgan fingerprint density at radius 3 is 2.09 bits per heavy atom. The van der Waals surface area contributed by atoms with Crippen LogP contribution in [0.2, 0.25) is 0 Å². The zero-order valence-electron chi connectivity index (χ0n) is 12.0. The van der Waals surface area contributed by atoms with Crippen LogP contribution < -0.4 is 0 Å². The lowest BCUT2D eigenvalue weighted by Gasteiger charge is -2.41. The van der Waals surface area contributed by atoms with Crippen LogP contribution in [0.25, 0.3) is 0 Å². The SMILES string of the molecule is O=C[C@@H](O[C@@H]1O[C@H](CO)[C@@H](O)[C@H](O)[C@H]1O)[C@@H](O)[C@H](O)[C@H](O)CO. The van der Waals surface area contributed by atoms with Crippen molar-refractivity contribution in [3.8, 4) is 0 Å². The summed E-state index contributed by atoms with van der Waals surface area (Å²) in [5.74, 6) is 0. The number of aliphatic hydroxyl groups excluding tert-OH is 8.